The molecule has 0 aromatic heterocycles. The number of benzene rings is 1. The molecule has 3 nitrogen and oxygen atoms in total. The van der Waals surface area contributed by atoms with Crippen molar-refractivity contribution in [2.24, 2.45) is 5.92 Å². The van der Waals surface area contributed by atoms with Gasteiger partial charge in [-0.3, -0.25) is 4.79 Å². The second-order valence-electron chi connectivity index (χ2n) is 5.26. The van der Waals surface area contributed by atoms with E-state index in [1.807, 2.05) is 19.9 Å². The Bertz CT molecular complexity index is 428. The molecule has 0 atom stereocenters. The molecule has 1 saturated heterocycles. The van der Waals surface area contributed by atoms with Crippen molar-refractivity contribution in [2.45, 2.75) is 33.1 Å². The summed E-state index contributed by atoms with van der Waals surface area (Å²) in [4.78, 5) is 12.0. The van der Waals surface area contributed by atoms with Gasteiger partial charge in [-0.05, 0) is 62.9 Å². The van der Waals surface area contributed by atoms with E-state index < -0.39 is 0 Å². The number of halogens is 1. The monoisotopic (exact) mass is 282 g/mol. The molecule has 106 valence electrons. The Morgan fingerprint density at radius 2 is 2.00 bits per heavy atom. The fourth-order valence-electron chi connectivity index (χ4n) is 2.42. The lowest BCUT2D eigenvalue weighted by molar-refractivity contribution is -0.117. The zero-order valence-electron chi connectivity index (χ0n) is 11.7. The molecule has 19 heavy (non-hydrogen) atoms. The predicted molar refractivity (Wildman–Crippen MR) is 82.0 cm³/mol. The number of aryl methyl sites for hydroxylation is 2. The van der Waals surface area contributed by atoms with Crippen LogP contribution in [0, 0.1) is 19.8 Å². The molecule has 0 spiro atoms. The Hall–Kier alpha value is -1.06. The van der Waals surface area contributed by atoms with Crippen LogP contribution in [0.25, 0.3) is 0 Å². The topological polar surface area (TPSA) is 41.1 Å². The summed E-state index contributed by atoms with van der Waals surface area (Å²) in [5.74, 6) is 0.687. The average molecular weight is 283 g/mol. The number of piperidine rings is 1. The predicted octanol–water partition coefficient (Wildman–Crippen LogP) is 3.05. The molecule has 0 saturated carbocycles. The highest BCUT2D eigenvalue weighted by Crippen LogP contribution is 2.20. The minimum absolute atomic E-state index is 0. The molecule has 1 fully saturated rings. The fourth-order valence-corrected chi connectivity index (χ4v) is 2.42. The Morgan fingerprint density at radius 1 is 1.32 bits per heavy atom. The van der Waals surface area contributed by atoms with Gasteiger partial charge in [0.25, 0.3) is 0 Å². The third-order valence-electron chi connectivity index (χ3n) is 3.60. The number of rotatable bonds is 3. The fraction of sp³-hybridized carbons (Fsp3) is 0.533. The highest BCUT2D eigenvalue weighted by molar-refractivity contribution is 5.91. The quantitative estimate of drug-likeness (QED) is 0.895. The van der Waals surface area contributed by atoms with Gasteiger partial charge >= 0.3 is 0 Å². The smallest absolute Gasteiger partial charge is 0.224 e. The summed E-state index contributed by atoms with van der Waals surface area (Å²) in [5, 5.41) is 6.36. The lowest BCUT2D eigenvalue weighted by Gasteiger charge is -2.22. The molecular weight excluding hydrogens is 260 g/mol. The van der Waals surface area contributed by atoms with Crippen molar-refractivity contribution >= 4 is 24.0 Å². The first-order valence-corrected chi connectivity index (χ1v) is 6.73. The number of amides is 1. The Kier molecular flexibility index (Phi) is 6.32. The van der Waals surface area contributed by atoms with Crippen LogP contribution in [0.15, 0.2) is 18.2 Å². The van der Waals surface area contributed by atoms with Crippen LogP contribution in [0.1, 0.15) is 30.4 Å². The van der Waals surface area contributed by atoms with E-state index in [2.05, 4.69) is 22.8 Å². The normalized spacial score (nSPS) is 15.7. The van der Waals surface area contributed by atoms with Gasteiger partial charge in [0, 0.05) is 12.1 Å². The maximum Gasteiger partial charge on any atom is 0.224 e. The van der Waals surface area contributed by atoms with Gasteiger partial charge in [0.1, 0.15) is 0 Å². The molecule has 1 heterocycles. The number of carbonyl (C=O) groups excluding carboxylic acids is 1. The molecule has 1 aliphatic rings. The molecular formula is C15H23ClN2O. The van der Waals surface area contributed by atoms with Crippen molar-refractivity contribution < 1.29 is 4.79 Å². The molecule has 1 amide bonds. The van der Waals surface area contributed by atoms with Crippen molar-refractivity contribution in [1.82, 2.24) is 5.32 Å². The van der Waals surface area contributed by atoms with E-state index in [0.717, 1.165) is 37.2 Å². The van der Waals surface area contributed by atoms with Gasteiger partial charge in [-0.15, -0.1) is 12.4 Å². The van der Waals surface area contributed by atoms with Crippen LogP contribution in [0.4, 0.5) is 5.69 Å². The van der Waals surface area contributed by atoms with Crippen molar-refractivity contribution in [3.63, 3.8) is 0 Å². The summed E-state index contributed by atoms with van der Waals surface area (Å²) in [5.41, 5.74) is 3.26. The minimum atomic E-state index is 0. The van der Waals surface area contributed by atoms with Crippen molar-refractivity contribution in [3.05, 3.63) is 29.3 Å². The van der Waals surface area contributed by atoms with Gasteiger partial charge in [-0.2, -0.15) is 0 Å². The molecule has 1 aromatic rings. The number of hydrogen-bond acceptors (Lipinski definition) is 2. The van der Waals surface area contributed by atoms with Gasteiger partial charge in [0.2, 0.25) is 5.91 Å². The van der Waals surface area contributed by atoms with Gasteiger partial charge in [-0.25, -0.2) is 0 Å². The molecule has 0 bridgehead atoms. The second-order valence-corrected chi connectivity index (χ2v) is 5.26. The zero-order valence-corrected chi connectivity index (χ0v) is 12.5. The van der Waals surface area contributed by atoms with Crippen molar-refractivity contribution in [2.75, 3.05) is 18.4 Å². The molecule has 1 aliphatic heterocycles. The largest absolute Gasteiger partial charge is 0.326 e. The maximum absolute atomic E-state index is 12.0. The number of anilines is 1. The van der Waals surface area contributed by atoms with Crippen molar-refractivity contribution in [1.29, 1.82) is 0 Å². The van der Waals surface area contributed by atoms with Crippen LogP contribution in [-0.4, -0.2) is 19.0 Å². The molecule has 2 N–H and O–H groups in total. The summed E-state index contributed by atoms with van der Waals surface area (Å²) in [6.45, 7) is 6.16. The third kappa shape index (κ3) is 4.84. The van der Waals surface area contributed by atoms with Crippen LogP contribution >= 0.6 is 12.4 Å². The average Bonchev–Trinajstić information content (AvgIpc) is 2.35. The highest BCUT2D eigenvalue weighted by Gasteiger charge is 2.17. The zero-order chi connectivity index (χ0) is 13.0. The van der Waals surface area contributed by atoms with Crippen LogP contribution in [-0.2, 0) is 4.79 Å². The summed E-state index contributed by atoms with van der Waals surface area (Å²) < 4.78 is 0. The van der Waals surface area contributed by atoms with Crippen LogP contribution in [0.2, 0.25) is 0 Å². The molecule has 0 radical (unpaired) electrons. The Labute approximate surface area is 121 Å². The molecule has 2 rings (SSSR count). The van der Waals surface area contributed by atoms with E-state index in [0.29, 0.717) is 12.3 Å². The van der Waals surface area contributed by atoms with Gasteiger partial charge in [-0.1, -0.05) is 12.1 Å². The van der Waals surface area contributed by atoms with Crippen molar-refractivity contribution in [3.8, 4) is 0 Å². The summed E-state index contributed by atoms with van der Waals surface area (Å²) in [6.07, 6.45) is 2.87. The summed E-state index contributed by atoms with van der Waals surface area (Å²) >= 11 is 0. The standard InChI is InChI=1S/C15H22N2O.ClH/c1-11-3-4-12(2)14(9-11)17-15(18)10-13-5-7-16-8-6-13;/h3-4,9,13,16H,5-8,10H2,1-2H3,(H,17,18);1H. The summed E-state index contributed by atoms with van der Waals surface area (Å²) in [7, 11) is 0. The van der Waals surface area contributed by atoms with E-state index >= 15 is 0 Å². The van der Waals surface area contributed by atoms with E-state index in [4.69, 9.17) is 0 Å². The highest BCUT2D eigenvalue weighted by atomic mass is 35.5. The molecule has 4 heteroatoms. The molecule has 0 unspecified atom stereocenters. The first-order chi connectivity index (χ1) is 8.65. The second kappa shape index (κ2) is 7.51. The maximum atomic E-state index is 12.0. The minimum Gasteiger partial charge on any atom is -0.326 e. The van der Waals surface area contributed by atoms with Gasteiger partial charge < -0.3 is 10.6 Å². The molecule has 1 aromatic carbocycles. The van der Waals surface area contributed by atoms with Crippen LogP contribution in [0.5, 0.6) is 0 Å². The first-order valence-electron chi connectivity index (χ1n) is 6.73. The number of carbonyl (C=O) groups is 1. The SMILES string of the molecule is Cc1ccc(C)c(NC(=O)CC2CCNCC2)c1.Cl. The third-order valence-corrected chi connectivity index (χ3v) is 3.60. The van der Waals surface area contributed by atoms with E-state index in [1.165, 1.54) is 5.56 Å². The number of nitrogens with one attached hydrogen (secondary N) is 2. The van der Waals surface area contributed by atoms with E-state index in [1.54, 1.807) is 0 Å². The Balaban J connectivity index is 0.00000180. The van der Waals surface area contributed by atoms with Gasteiger partial charge in [0.05, 0.1) is 0 Å². The van der Waals surface area contributed by atoms with Gasteiger partial charge in [0.15, 0.2) is 0 Å². The van der Waals surface area contributed by atoms with Crippen LogP contribution in [0.3, 0.4) is 0 Å². The van der Waals surface area contributed by atoms with E-state index in [-0.39, 0.29) is 18.3 Å². The molecule has 0 aliphatic carbocycles. The summed E-state index contributed by atoms with van der Waals surface area (Å²) in [6, 6.07) is 6.16. The van der Waals surface area contributed by atoms with E-state index in [9.17, 15) is 4.79 Å². The Morgan fingerprint density at radius 3 is 2.68 bits per heavy atom. The lowest BCUT2D eigenvalue weighted by Crippen LogP contribution is -2.30. The first kappa shape index (κ1) is 16.0. The lowest BCUT2D eigenvalue weighted by atomic mass is 9.94. The number of hydrogen-bond donors (Lipinski definition) is 2. The van der Waals surface area contributed by atoms with Crippen LogP contribution < -0.4 is 10.6 Å².